The van der Waals surface area contributed by atoms with Crippen LogP contribution in [0.4, 0.5) is 5.82 Å². The third-order valence-corrected chi connectivity index (χ3v) is 5.16. The molecule has 0 radical (unpaired) electrons. The fourth-order valence-electron chi connectivity index (χ4n) is 3.65. The maximum absolute atomic E-state index is 12.8. The molecule has 3 aromatic rings. The van der Waals surface area contributed by atoms with Crippen molar-refractivity contribution < 1.29 is 9.53 Å². The van der Waals surface area contributed by atoms with Crippen LogP contribution in [0.1, 0.15) is 36.3 Å². The van der Waals surface area contributed by atoms with Crippen molar-refractivity contribution in [2.75, 3.05) is 37.7 Å². The number of rotatable bonds is 6. The van der Waals surface area contributed by atoms with E-state index in [0.29, 0.717) is 31.0 Å². The Balaban J connectivity index is 1.44. The van der Waals surface area contributed by atoms with Gasteiger partial charge in [0.25, 0.3) is 11.7 Å². The highest BCUT2D eigenvalue weighted by Gasteiger charge is 2.23. The Morgan fingerprint density at radius 3 is 2.55 bits per heavy atom. The monoisotopic (exact) mass is 394 g/mol. The fourth-order valence-corrected chi connectivity index (χ4v) is 3.65. The predicted molar refractivity (Wildman–Crippen MR) is 111 cm³/mol. The Hall–Kier alpha value is -3.16. The van der Waals surface area contributed by atoms with E-state index in [1.807, 2.05) is 40.5 Å². The lowest BCUT2D eigenvalue weighted by Gasteiger charge is -2.35. The van der Waals surface area contributed by atoms with E-state index in [4.69, 9.17) is 4.74 Å². The average Bonchev–Trinajstić information content (AvgIpc) is 3.23. The van der Waals surface area contributed by atoms with Gasteiger partial charge < -0.3 is 14.5 Å². The SMILES string of the molecule is CCCc1cc(N2CCN(C(=O)c3ccc(OCC)cc3)CC2)nc2nncn12. The molecule has 0 N–H and O–H groups in total. The van der Waals surface area contributed by atoms with Gasteiger partial charge in [-0.3, -0.25) is 9.20 Å². The lowest BCUT2D eigenvalue weighted by molar-refractivity contribution is 0.0746. The van der Waals surface area contributed by atoms with Gasteiger partial charge >= 0.3 is 0 Å². The van der Waals surface area contributed by atoms with Crippen molar-refractivity contribution >= 4 is 17.5 Å². The van der Waals surface area contributed by atoms with E-state index in [9.17, 15) is 4.79 Å². The summed E-state index contributed by atoms with van der Waals surface area (Å²) in [5, 5.41) is 8.11. The number of nitrogens with zero attached hydrogens (tertiary/aromatic N) is 6. The van der Waals surface area contributed by atoms with Crippen LogP contribution in [0.3, 0.4) is 0 Å². The van der Waals surface area contributed by atoms with Crippen LogP contribution in [0.25, 0.3) is 5.78 Å². The number of aromatic nitrogens is 4. The van der Waals surface area contributed by atoms with Crippen molar-refractivity contribution in [3.8, 4) is 5.75 Å². The van der Waals surface area contributed by atoms with Gasteiger partial charge in [-0.25, -0.2) is 0 Å². The van der Waals surface area contributed by atoms with Crippen molar-refractivity contribution in [2.24, 2.45) is 0 Å². The number of carbonyl (C=O) groups excluding carboxylic acids is 1. The number of piperazine rings is 1. The lowest BCUT2D eigenvalue weighted by atomic mass is 10.1. The van der Waals surface area contributed by atoms with E-state index in [0.717, 1.165) is 43.2 Å². The average molecular weight is 394 g/mol. The highest BCUT2D eigenvalue weighted by molar-refractivity contribution is 5.94. The number of amides is 1. The molecule has 1 aromatic carbocycles. The first-order chi connectivity index (χ1) is 14.2. The van der Waals surface area contributed by atoms with E-state index < -0.39 is 0 Å². The summed E-state index contributed by atoms with van der Waals surface area (Å²) in [6, 6.07) is 9.47. The van der Waals surface area contributed by atoms with Gasteiger partial charge in [-0.1, -0.05) is 13.3 Å². The van der Waals surface area contributed by atoms with Crippen LogP contribution in [-0.2, 0) is 6.42 Å². The van der Waals surface area contributed by atoms with Crippen molar-refractivity contribution in [1.29, 1.82) is 0 Å². The quantitative estimate of drug-likeness (QED) is 0.639. The molecule has 1 saturated heterocycles. The molecule has 0 aliphatic carbocycles. The summed E-state index contributed by atoms with van der Waals surface area (Å²) < 4.78 is 7.39. The Bertz CT molecular complexity index is 977. The minimum Gasteiger partial charge on any atom is -0.494 e. The molecule has 4 rings (SSSR count). The van der Waals surface area contributed by atoms with Crippen LogP contribution in [-0.4, -0.2) is 63.2 Å². The molecular weight excluding hydrogens is 368 g/mol. The first kappa shape index (κ1) is 19.2. The molecular formula is C21H26N6O2. The highest BCUT2D eigenvalue weighted by Crippen LogP contribution is 2.20. The van der Waals surface area contributed by atoms with Gasteiger partial charge in [0, 0.05) is 43.5 Å². The number of carbonyl (C=O) groups is 1. The zero-order chi connectivity index (χ0) is 20.2. The molecule has 1 aliphatic heterocycles. The minimum absolute atomic E-state index is 0.0558. The largest absolute Gasteiger partial charge is 0.494 e. The lowest BCUT2D eigenvalue weighted by Crippen LogP contribution is -2.49. The molecule has 0 bridgehead atoms. The van der Waals surface area contributed by atoms with Crippen LogP contribution in [0.15, 0.2) is 36.7 Å². The Morgan fingerprint density at radius 2 is 1.86 bits per heavy atom. The topological polar surface area (TPSA) is 75.9 Å². The fraction of sp³-hybridized carbons (Fsp3) is 0.429. The number of benzene rings is 1. The van der Waals surface area contributed by atoms with Gasteiger partial charge in [0.1, 0.15) is 17.9 Å². The molecule has 2 aromatic heterocycles. The normalized spacial score (nSPS) is 14.4. The molecule has 1 amide bonds. The molecule has 0 saturated carbocycles. The van der Waals surface area contributed by atoms with Crippen LogP contribution in [0.5, 0.6) is 5.75 Å². The summed E-state index contributed by atoms with van der Waals surface area (Å²) in [6.07, 6.45) is 3.70. The molecule has 0 spiro atoms. The second-order valence-electron chi connectivity index (χ2n) is 7.09. The number of fused-ring (bicyclic) bond motifs is 1. The summed E-state index contributed by atoms with van der Waals surface area (Å²) in [5.74, 6) is 2.37. The van der Waals surface area contributed by atoms with Gasteiger partial charge in [-0.15, -0.1) is 10.2 Å². The molecule has 152 valence electrons. The molecule has 29 heavy (non-hydrogen) atoms. The third-order valence-electron chi connectivity index (χ3n) is 5.16. The Labute approximate surface area is 170 Å². The van der Waals surface area contributed by atoms with E-state index >= 15 is 0 Å². The first-order valence-electron chi connectivity index (χ1n) is 10.2. The Morgan fingerprint density at radius 1 is 1.10 bits per heavy atom. The summed E-state index contributed by atoms with van der Waals surface area (Å²) in [4.78, 5) is 21.6. The van der Waals surface area contributed by atoms with Crippen molar-refractivity contribution in [3.05, 3.63) is 47.9 Å². The van der Waals surface area contributed by atoms with E-state index in [1.165, 1.54) is 0 Å². The molecule has 0 atom stereocenters. The maximum Gasteiger partial charge on any atom is 0.256 e. The molecule has 3 heterocycles. The smallest absolute Gasteiger partial charge is 0.256 e. The van der Waals surface area contributed by atoms with Crippen molar-refractivity contribution in [1.82, 2.24) is 24.5 Å². The predicted octanol–water partition coefficient (Wildman–Crippen LogP) is 2.44. The van der Waals surface area contributed by atoms with Crippen molar-refractivity contribution in [3.63, 3.8) is 0 Å². The number of hydrogen-bond donors (Lipinski definition) is 0. The number of hydrogen-bond acceptors (Lipinski definition) is 6. The standard InChI is InChI=1S/C21H26N6O2/c1-3-5-17-14-19(23-21-24-22-15-27(17)21)25-10-12-26(13-11-25)20(28)16-6-8-18(9-7-16)29-4-2/h6-9,14-15H,3-5,10-13H2,1-2H3. The van der Waals surface area contributed by atoms with Crippen LogP contribution in [0, 0.1) is 0 Å². The summed E-state index contributed by atoms with van der Waals surface area (Å²) in [6.45, 7) is 7.52. The summed E-state index contributed by atoms with van der Waals surface area (Å²) >= 11 is 0. The zero-order valence-corrected chi connectivity index (χ0v) is 16.9. The second kappa shape index (κ2) is 8.46. The Kier molecular flexibility index (Phi) is 5.59. The molecule has 8 nitrogen and oxygen atoms in total. The van der Waals surface area contributed by atoms with Crippen LogP contribution in [0.2, 0.25) is 0 Å². The molecule has 0 unspecified atom stereocenters. The highest BCUT2D eigenvalue weighted by atomic mass is 16.5. The second-order valence-corrected chi connectivity index (χ2v) is 7.09. The van der Waals surface area contributed by atoms with E-state index in [-0.39, 0.29) is 5.91 Å². The minimum atomic E-state index is 0.0558. The van der Waals surface area contributed by atoms with Gasteiger partial charge in [0.15, 0.2) is 0 Å². The first-order valence-corrected chi connectivity index (χ1v) is 10.2. The molecule has 1 fully saturated rings. The number of aryl methyl sites for hydroxylation is 1. The molecule has 1 aliphatic rings. The number of anilines is 1. The van der Waals surface area contributed by atoms with Gasteiger partial charge in [-0.2, -0.15) is 4.98 Å². The van der Waals surface area contributed by atoms with Gasteiger partial charge in [0.2, 0.25) is 0 Å². The van der Waals surface area contributed by atoms with E-state index in [2.05, 4.69) is 33.1 Å². The van der Waals surface area contributed by atoms with E-state index in [1.54, 1.807) is 6.33 Å². The summed E-state index contributed by atoms with van der Waals surface area (Å²) in [7, 11) is 0. The van der Waals surface area contributed by atoms with Crippen molar-refractivity contribution in [2.45, 2.75) is 26.7 Å². The van der Waals surface area contributed by atoms with Gasteiger partial charge in [0.05, 0.1) is 6.61 Å². The maximum atomic E-state index is 12.8. The third kappa shape index (κ3) is 4.01. The van der Waals surface area contributed by atoms with Crippen LogP contribution >= 0.6 is 0 Å². The summed E-state index contributed by atoms with van der Waals surface area (Å²) in [5.41, 5.74) is 1.85. The molecule has 8 heteroatoms. The van der Waals surface area contributed by atoms with Gasteiger partial charge in [-0.05, 0) is 37.6 Å². The zero-order valence-electron chi connectivity index (χ0n) is 16.9. The number of ether oxygens (including phenoxy) is 1. The van der Waals surface area contributed by atoms with Crippen LogP contribution < -0.4 is 9.64 Å².